The Morgan fingerprint density at radius 2 is 1.08 bits per heavy atom. The van der Waals surface area contributed by atoms with Gasteiger partial charge >= 0.3 is 0 Å². The Hall–Kier alpha value is -4.59. The zero-order valence-electron chi connectivity index (χ0n) is 20.5. The lowest BCUT2D eigenvalue weighted by Gasteiger charge is -2.22. The molecule has 1 unspecified atom stereocenters. The largest absolute Gasteiger partial charge is 0.309 e. The maximum absolute atomic E-state index is 15.3. The minimum absolute atomic E-state index is 0.800. The Morgan fingerprint density at radius 3 is 1.79 bits per heavy atom. The third kappa shape index (κ3) is 3.55. The van der Waals surface area contributed by atoms with Crippen LogP contribution in [-0.2, 0) is 4.57 Å². The summed E-state index contributed by atoms with van der Waals surface area (Å²) >= 11 is 0. The minimum atomic E-state index is -3.16. The van der Waals surface area contributed by atoms with E-state index in [0.29, 0.717) is 0 Å². The lowest BCUT2D eigenvalue weighted by atomic mass is 9.98. The van der Waals surface area contributed by atoms with Gasteiger partial charge in [0.2, 0.25) is 0 Å². The monoisotopic (exact) mass is 506 g/mol. The molecule has 38 heavy (non-hydrogen) atoms. The first-order valence-electron chi connectivity index (χ1n) is 12.6. The van der Waals surface area contributed by atoms with Crippen molar-refractivity contribution in [2.24, 2.45) is 0 Å². The van der Waals surface area contributed by atoms with Crippen LogP contribution in [0.1, 0.15) is 0 Å². The van der Waals surface area contributed by atoms with E-state index in [9.17, 15) is 0 Å². The van der Waals surface area contributed by atoms with Gasteiger partial charge in [-0.05, 0) is 34.5 Å². The summed E-state index contributed by atoms with van der Waals surface area (Å²) in [6, 6.07) is 42.4. The van der Waals surface area contributed by atoms with E-state index in [1.807, 2.05) is 91.3 Å². The summed E-state index contributed by atoms with van der Waals surface area (Å²) in [5.74, 6) is 0. The molecule has 0 saturated carbocycles. The molecule has 0 spiro atoms. The number of pyridine rings is 2. The Kier molecular flexibility index (Phi) is 5.39. The van der Waals surface area contributed by atoms with Crippen LogP contribution in [0, 0.1) is 0 Å². The van der Waals surface area contributed by atoms with Crippen molar-refractivity contribution in [3.05, 3.63) is 140 Å². The van der Waals surface area contributed by atoms with Crippen molar-refractivity contribution in [3.63, 3.8) is 0 Å². The molecule has 0 saturated heterocycles. The summed E-state index contributed by atoms with van der Waals surface area (Å²) in [6.07, 6.45) is 3.64. The number of fused-ring (bicyclic) bond motifs is 3. The second-order valence-electron chi connectivity index (χ2n) is 9.39. The molecule has 0 fully saturated rings. The number of rotatable bonds is 4. The van der Waals surface area contributed by atoms with Gasteiger partial charge in [0.25, 0.3) is 0 Å². The van der Waals surface area contributed by atoms with Gasteiger partial charge in [0, 0.05) is 44.6 Å². The molecule has 7 aromatic rings. The smallest absolute Gasteiger partial charge is 0.171 e. The molecule has 0 amide bonds. The van der Waals surface area contributed by atoms with Gasteiger partial charge < -0.3 is 4.57 Å². The lowest BCUT2D eigenvalue weighted by Crippen LogP contribution is -2.25. The van der Waals surface area contributed by atoms with Gasteiger partial charge in [-0.1, -0.05) is 109 Å². The predicted molar refractivity (Wildman–Crippen MR) is 159 cm³/mol. The number of benzene rings is 5. The van der Waals surface area contributed by atoms with Crippen LogP contribution in [0.2, 0.25) is 0 Å². The zero-order valence-corrected chi connectivity index (χ0v) is 21.4. The fraction of sp³-hybridized carbons (Fsp3) is 0. The zero-order chi connectivity index (χ0) is 25.5. The van der Waals surface area contributed by atoms with Crippen molar-refractivity contribution in [1.82, 2.24) is 9.97 Å². The standard InChI is InChI=1S/C34H23N2OP/c37-38(28-13-2-1-3-14-28,31-16-6-10-24-9-4-5-15-30(24)31)29-19-17-25(18-20-29)32-33-26(11-7-21-35-33)23-27-12-8-22-36-34(27)32/h1-23H. The Balaban J connectivity index is 1.47. The molecule has 4 heteroatoms. The van der Waals surface area contributed by atoms with Crippen molar-refractivity contribution < 1.29 is 4.57 Å². The highest BCUT2D eigenvalue weighted by molar-refractivity contribution is 7.85. The van der Waals surface area contributed by atoms with Crippen LogP contribution >= 0.6 is 7.14 Å². The van der Waals surface area contributed by atoms with E-state index in [-0.39, 0.29) is 0 Å². The SMILES string of the molecule is O=P(c1ccccc1)(c1ccc(-c2c3ncccc3cc3cccnc23)cc1)c1cccc2ccccc12. The van der Waals surface area contributed by atoms with Crippen LogP contribution in [-0.4, -0.2) is 9.97 Å². The molecule has 0 aliphatic rings. The number of hydrogen-bond donors (Lipinski definition) is 0. The van der Waals surface area contributed by atoms with E-state index in [2.05, 4.69) is 48.5 Å². The highest BCUT2D eigenvalue weighted by Crippen LogP contribution is 2.45. The first kappa shape index (κ1) is 22.6. The molecule has 180 valence electrons. The number of nitrogens with zero attached hydrogens (tertiary/aromatic N) is 2. The van der Waals surface area contributed by atoms with E-state index < -0.39 is 7.14 Å². The number of aromatic nitrogens is 2. The fourth-order valence-corrected chi connectivity index (χ4v) is 8.28. The van der Waals surface area contributed by atoms with Gasteiger partial charge in [0.05, 0.1) is 11.0 Å². The van der Waals surface area contributed by atoms with Crippen LogP contribution in [0.5, 0.6) is 0 Å². The first-order chi connectivity index (χ1) is 18.7. The summed E-state index contributed by atoms with van der Waals surface area (Å²) in [5.41, 5.74) is 3.81. The lowest BCUT2D eigenvalue weighted by molar-refractivity contribution is 0.592. The molecule has 3 nitrogen and oxygen atoms in total. The minimum Gasteiger partial charge on any atom is -0.309 e. The molecular weight excluding hydrogens is 483 g/mol. The predicted octanol–water partition coefficient (Wildman–Crippen LogP) is 7.24. The molecule has 7 rings (SSSR count). The van der Waals surface area contributed by atoms with E-state index in [0.717, 1.165) is 59.6 Å². The van der Waals surface area contributed by atoms with E-state index in [4.69, 9.17) is 9.97 Å². The summed E-state index contributed by atoms with van der Waals surface area (Å²) in [6.45, 7) is 0. The Bertz CT molecular complexity index is 1940. The van der Waals surface area contributed by atoms with Crippen molar-refractivity contribution in [2.75, 3.05) is 0 Å². The fourth-order valence-electron chi connectivity index (χ4n) is 5.43. The Morgan fingerprint density at radius 1 is 0.500 bits per heavy atom. The Labute approximate surface area is 220 Å². The van der Waals surface area contributed by atoms with Gasteiger partial charge in [-0.3, -0.25) is 9.97 Å². The molecule has 0 aliphatic heterocycles. The molecule has 2 heterocycles. The molecule has 1 atom stereocenters. The van der Waals surface area contributed by atoms with Crippen LogP contribution in [0.25, 0.3) is 43.7 Å². The van der Waals surface area contributed by atoms with Crippen LogP contribution in [0.4, 0.5) is 0 Å². The van der Waals surface area contributed by atoms with Crippen molar-refractivity contribution in [1.29, 1.82) is 0 Å². The first-order valence-corrected chi connectivity index (χ1v) is 14.3. The molecular formula is C34H23N2OP. The van der Waals surface area contributed by atoms with Gasteiger partial charge in [0.15, 0.2) is 7.14 Å². The van der Waals surface area contributed by atoms with Crippen molar-refractivity contribution in [3.8, 4) is 11.1 Å². The van der Waals surface area contributed by atoms with Gasteiger partial charge in [-0.15, -0.1) is 0 Å². The van der Waals surface area contributed by atoms with Crippen LogP contribution < -0.4 is 15.9 Å². The van der Waals surface area contributed by atoms with Gasteiger partial charge in [-0.2, -0.15) is 0 Å². The molecule has 0 bridgehead atoms. The van der Waals surface area contributed by atoms with Crippen molar-refractivity contribution >= 4 is 55.6 Å². The third-order valence-electron chi connectivity index (χ3n) is 7.21. The van der Waals surface area contributed by atoms with Crippen LogP contribution in [0.3, 0.4) is 0 Å². The number of hydrogen-bond acceptors (Lipinski definition) is 3. The summed E-state index contributed by atoms with van der Waals surface area (Å²) in [5, 5.41) is 6.71. The average molecular weight is 507 g/mol. The summed E-state index contributed by atoms with van der Waals surface area (Å²) in [4.78, 5) is 9.43. The highest BCUT2D eigenvalue weighted by Gasteiger charge is 2.31. The van der Waals surface area contributed by atoms with Gasteiger partial charge in [0.1, 0.15) is 0 Å². The van der Waals surface area contributed by atoms with Crippen molar-refractivity contribution in [2.45, 2.75) is 0 Å². The normalized spacial score (nSPS) is 13.1. The molecule has 0 N–H and O–H groups in total. The maximum Gasteiger partial charge on any atom is 0.171 e. The highest BCUT2D eigenvalue weighted by atomic mass is 31.2. The second kappa shape index (κ2) is 9.06. The topological polar surface area (TPSA) is 42.9 Å². The molecule has 0 radical (unpaired) electrons. The molecule has 5 aromatic carbocycles. The third-order valence-corrected chi connectivity index (χ3v) is 10.3. The summed E-state index contributed by atoms with van der Waals surface area (Å²) < 4.78 is 15.3. The molecule has 2 aromatic heterocycles. The average Bonchev–Trinajstić information content (AvgIpc) is 3.00. The quantitative estimate of drug-likeness (QED) is 0.187. The van der Waals surface area contributed by atoms with E-state index in [1.54, 1.807) is 0 Å². The van der Waals surface area contributed by atoms with Gasteiger partial charge in [-0.25, -0.2) is 0 Å². The van der Waals surface area contributed by atoms with E-state index >= 15 is 4.57 Å². The maximum atomic E-state index is 15.3. The summed E-state index contributed by atoms with van der Waals surface area (Å²) in [7, 11) is -3.16. The van der Waals surface area contributed by atoms with E-state index in [1.165, 1.54) is 0 Å². The molecule has 0 aliphatic carbocycles. The van der Waals surface area contributed by atoms with Crippen LogP contribution in [0.15, 0.2) is 140 Å². The second-order valence-corrected chi connectivity index (χ2v) is 12.1.